The number of anilines is 1. The van der Waals surface area contributed by atoms with Gasteiger partial charge < -0.3 is 0 Å². The van der Waals surface area contributed by atoms with Crippen LogP contribution in [0.5, 0.6) is 0 Å². The van der Waals surface area contributed by atoms with Crippen molar-refractivity contribution in [2.24, 2.45) is 0 Å². The molecule has 1 aliphatic heterocycles. The van der Waals surface area contributed by atoms with E-state index in [2.05, 4.69) is 49.4 Å². The summed E-state index contributed by atoms with van der Waals surface area (Å²) in [6.07, 6.45) is 0. The third kappa shape index (κ3) is 4.39. The molecule has 0 N–H and O–H groups in total. The minimum Gasteiger partial charge on any atom is -0.261 e. The second-order valence-electron chi connectivity index (χ2n) is 11.0. The van der Waals surface area contributed by atoms with E-state index in [9.17, 15) is 13.7 Å². The highest BCUT2D eigenvalue weighted by molar-refractivity contribution is 7.92. The number of rotatable bonds is 4. The summed E-state index contributed by atoms with van der Waals surface area (Å²) in [5.74, 6) is 0. The molecule has 208 valence electrons. The van der Waals surface area contributed by atoms with Crippen molar-refractivity contribution in [1.82, 2.24) is 0 Å². The summed E-state index contributed by atoms with van der Waals surface area (Å²) in [6, 6.07) is 41.5. The monoisotopic (exact) mass is 576 g/mol. The van der Waals surface area contributed by atoms with Gasteiger partial charge in [-0.2, -0.15) is 5.26 Å². The van der Waals surface area contributed by atoms with E-state index < -0.39 is 10.0 Å². The number of sulfonamides is 1. The van der Waals surface area contributed by atoms with E-state index in [0.717, 1.165) is 60.8 Å². The van der Waals surface area contributed by atoms with Gasteiger partial charge in [-0.15, -0.1) is 0 Å². The molecule has 4 nitrogen and oxygen atoms in total. The van der Waals surface area contributed by atoms with Gasteiger partial charge in [0.2, 0.25) is 0 Å². The second-order valence-corrected chi connectivity index (χ2v) is 12.9. The molecule has 43 heavy (non-hydrogen) atoms. The van der Waals surface area contributed by atoms with E-state index in [1.54, 1.807) is 16.4 Å². The Morgan fingerprint density at radius 2 is 1.28 bits per heavy atom. The lowest BCUT2D eigenvalue weighted by molar-refractivity contribution is 0.590. The van der Waals surface area contributed by atoms with Crippen LogP contribution in [0.4, 0.5) is 5.69 Å². The Bertz CT molecular complexity index is 2180. The Morgan fingerprint density at radius 1 is 0.651 bits per heavy atom. The van der Waals surface area contributed by atoms with Crippen LogP contribution in [0.25, 0.3) is 44.2 Å². The third-order valence-corrected chi connectivity index (χ3v) is 10.1. The Balaban J connectivity index is 1.64. The van der Waals surface area contributed by atoms with Gasteiger partial charge in [-0.05, 0) is 88.3 Å². The van der Waals surface area contributed by atoms with E-state index in [1.165, 1.54) is 0 Å². The van der Waals surface area contributed by atoms with Crippen LogP contribution in [-0.4, -0.2) is 8.42 Å². The molecule has 0 radical (unpaired) electrons. The van der Waals surface area contributed by atoms with Crippen molar-refractivity contribution in [3.63, 3.8) is 0 Å². The number of fused-ring (bicyclic) bond motifs is 4. The SMILES string of the molecule is Cc1ccc(-c2c3c(c(-c4ccccc4)c4cc(C#N)ccc24)-c2ccccc2N(S(=O)(=O)c2ccc(C)cc2)C3)cc1. The minimum absolute atomic E-state index is 0.168. The standard InChI is InChI=1S/C38H28N2O2S/c1-25-12-17-29(18-13-25)36-31-21-16-27(23-39)22-33(31)37(28-8-4-3-5-9-28)38-32-10-6-7-11-35(32)40(24-34(36)38)43(41,42)30-19-14-26(2)15-20-30/h3-22H,24H2,1-2H3. The number of benzene rings is 6. The number of aryl methyl sites for hydroxylation is 2. The fraction of sp³-hybridized carbons (Fsp3) is 0.0789. The molecule has 6 aromatic rings. The highest BCUT2D eigenvalue weighted by Gasteiger charge is 2.35. The molecule has 0 fully saturated rings. The van der Waals surface area contributed by atoms with Crippen LogP contribution in [-0.2, 0) is 16.6 Å². The third-order valence-electron chi connectivity index (χ3n) is 8.30. The fourth-order valence-electron chi connectivity index (χ4n) is 6.20. The molecule has 0 spiro atoms. The van der Waals surface area contributed by atoms with Crippen LogP contribution in [0.1, 0.15) is 22.3 Å². The van der Waals surface area contributed by atoms with Crippen LogP contribution in [0.3, 0.4) is 0 Å². The predicted molar refractivity (Wildman–Crippen MR) is 174 cm³/mol. The molecule has 0 atom stereocenters. The van der Waals surface area contributed by atoms with Crippen LogP contribution in [0.2, 0.25) is 0 Å². The first kappa shape index (κ1) is 26.7. The second kappa shape index (κ2) is 10.3. The summed E-state index contributed by atoms with van der Waals surface area (Å²) in [4.78, 5) is 0.260. The summed E-state index contributed by atoms with van der Waals surface area (Å²) < 4.78 is 30.3. The van der Waals surface area contributed by atoms with Crippen molar-refractivity contribution >= 4 is 26.5 Å². The molecule has 0 saturated heterocycles. The van der Waals surface area contributed by atoms with Crippen molar-refractivity contribution < 1.29 is 8.42 Å². The van der Waals surface area contributed by atoms with Gasteiger partial charge in [0.1, 0.15) is 0 Å². The molecule has 0 amide bonds. The molecule has 5 heteroatoms. The molecular weight excluding hydrogens is 548 g/mol. The number of hydrogen-bond donors (Lipinski definition) is 0. The van der Waals surface area contributed by atoms with E-state index in [0.29, 0.717) is 11.3 Å². The van der Waals surface area contributed by atoms with Crippen molar-refractivity contribution in [2.45, 2.75) is 25.3 Å². The summed E-state index contributed by atoms with van der Waals surface area (Å²) >= 11 is 0. The van der Waals surface area contributed by atoms with Crippen LogP contribution >= 0.6 is 0 Å². The van der Waals surface area contributed by atoms with Crippen LogP contribution in [0.15, 0.2) is 126 Å². The summed E-state index contributed by atoms with van der Waals surface area (Å²) in [7, 11) is -3.89. The van der Waals surface area contributed by atoms with Gasteiger partial charge in [-0.25, -0.2) is 8.42 Å². The average molecular weight is 577 g/mol. The normalized spacial score (nSPS) is 12.4. The lowest BCUT2D eigenvalue weighted by atomic mass is 9.79. The molecule has 7 rings (SSSR count). The van der Waals surface area contributed by atoms with Crippen molar-refractivity contribution in [3.8, 4) is 39.4 Å². The molecule has 0 bridgehead atoms. The molecule has 0 unspecified atom stereocenters. The number of para-hydroxylation sites is 1. The molecule has 0 saturated carbocycles. The summed E-state index contributed by atoms with van der Waals surface area (Å²) in [5.41, 5.74) is 10.1. The zero-order valence-electron chi connectivity index (χ0n) is 23.9. The van der Waals surface area contributed by atoms with Crippen molar-refractivity contribution in [1.29, 1.82) is 5.26 Å². The zero-order valence-corrected chi connectivity index (χ0v) is 24.7. The molecule has 0 aromatic heterocycles. The van der Waals surface area contributed by atoms with Crippen molar-refractivity contribution in [3.05, 3.63) is 144 Å². The van der Waals surface area contributed by atoms with Gasteiger partial charge in [0, 0.05) is 5.56 Å². The largest absolute Gasteiger partial charge is 0.264 e. The molecule has 1 aliphatic rings. The maximum atomic E-state index is 14.4. The molecule has 1 heterocycles. The Kier molecular flexibility index (Phi) is 6.38. The van der Waals surface area contributed by atoms with Crippen LogP contribution < -0.4 is 4.31 Å². The first-order valence-electron chi connectivity index (χ1n) is 14.2. The summed E-state index contributed by atoms with van der Waals surface area (Å²) in [6.45, 7) is 4.17. The number of hydrogen-bond acceptors (Lipinski definition) is 3. The Hall–Kier alpha value is -5.18. The van der Waals surface area contributed by atoms with E-state index in [1.807, 2.05) is 79.7 Å². The quantitative estimate of drug-likeness (QED) is 0.210. The number of nitrogens with zero attached hydrogens (tertiary/aromatic N) is 2. The maximum absolute atomic E-state index is 14.4. The van der Waals surface area contributed by atoms with E-state index >= 15 is 0 Å². The van der Waals surface area contributed by atoms with Gasteiger partial charge in [0.05, 0.1) is 28.8 Å². The number of nitriles is 1. The maximum Gasteiger partial charge on any atom is 0.264 e. The fourth-order valence-corrected chi connectivity index (χ4v) is 7.66. The predicted octanol–water partition coefficient (Wildman–Crippen LogP) is 9.04. The van der Waals surface area contributed by atoms with Gasteiger partial charge in [0.15, 0.2) is 0 Å². The Labute approximate surface area is 252 Å². The van der Waals surface area contributed by atoms with Crippen LogP contribution in [0, 0.1) is 25.2 Å². The van der Waals surface area contributed by atoms with Gasteiger partial charge in [0.25, 0.3) is 10.0 Å². The average Bonchev–Trinajstić information content (AvgIpc) is 3.04. The molecular formula is C38H28N2O2S. The Morgan fingerprint density at radius 3 is 1.98 bits per heavy atom. The molecule has 0 aliphatic carbocycles. The van der Waals surface area contributed by atoms with E-state index in [4.69, 9.17) is 0 Å². The van der Waals surface area contributed by atoms with Gasteiger partial charge >= 0.3 is 0 Å². The zero-order chi connectivity index (χ0) is 29.7. The molecule has 6 aromatic carbocycles. The minimum atomic E-state index is -3.89. The van der Waals surface area contributed by atoms with Gasteiger partial charge in [-0.1, -0.05) is 102 Å². The first-order valence-corrected chi connectivity index (χ1v) is 15.6. The van der Waals surface area contributed by atoms with Gasteiger partial charge in [-0.3, -0.25) is 4.31 Å². The lowest BCUT2D eigenvalue weighted by Crippen LogP contribution is -2.33. The summed E-state index contributed by atoms with van der Waals surface area (Å²) in [5, 5.41) is 11.8. The highest BCUT2D eigenvalue weighted by atomic mass is 32.2. The lowest BCUT2D eigenvalue weighted by Gasteiger charge is -2.35. The van der Waals surface area contributed by atoms with Crippen molar-refractivity contribution in [2.75, 3.05) is 4.31 Å². The highest BCUT2D eigenvalue weighted by Crippen LogP contribution is 2.52. The topological polar surface area (TPSA) is 61.2 Å². The van der Waals surface area contributed by atoms with E-state index in [-0.39, 0.29) is 11.4 Å². The first-order chi connectivity index (χ1) is 20.9. The smallest absolute Gasteiger partial charge is 0.261 e.